The van der Waals surface area contributed by atoms with Gasteiger partial charge in [0, 0.05) is 30.3 Å². The van der Waals surface area contributed by atoms with Crippen molar-refractivity contribution in [2.45, 2.75) is 78.9 Å². The summed E-state index contributed by atoms with van der Waals surface area (Å²) in [5.74, 6) is -3.94. The van der Waals surface area contributed by atoms with Crippen LogP contribution in [0.1, 0.15) is 72.3 Å². The normalized spacial score (nSPS) is 13.9. The second-order valence-corrected chi connectivity index (χ2v) is 15.8. The molecule has 0 atom stereocenters. The number of nitrogens with zero attached hydrogens (tertiary/aromatic N) is 3. The number of carbonyl (C=O) groups excluding carboxylic acids is 2. The molecular weight excluding hydrogens is 819 g/mol. The second-order valence-electron chi connectivity index (χ2n) is 14.6. The molecule has 2 heterocycles. The van der Waals surface area contributed by atoms with E-state index in [1.165, 1.54) is 6.07 Å². The first kappa shape index (κ1) is 43.9. The minimum absolute atomic E-state index is 0.0179. The minimum Gasteiger partial charge on any atom is -0.444 e. The van der Waals surface area contributed by atoms with Crippen LogP contribution >= 0.6 is 7.82 Å². The predicted molar refractivity (Wildman–Crippen MR) is 208 cm³/mol. The van der Waals surface area contributed by atoms with Gasteiger partial charge in [0.1, 0.15) is 18.2 Å². The van der Waals surface area contributed by atoms with E-state index >= 15 is 8.78 Å². The summed E-state index contributed by atoms with van der Waals surface area (Å²) in [6.45, 7) is 9.13. The Labute approximate surface area is 340 Å². The summed E-state index contributed by atoms with van der Waals surface area (Å²) in [5, 5.41) is 8.91. The van der Waals surface area contributed by atoms with Crippen molar-refractivity contribution in [2.75, 3.05) is 5.32 Å². The highest BCUT2D eigenvalue weighted by Crippen LogP contribution is 2.46. The number of ether oxygens (including phenoxy) is 1. The molecule has 0 saturated carbocycles. The number of carbonyl (C=O) groups is 2. The van der Waals surface area contributed by atoms with Gasteiger partial charge in [-0.05, 0) is 91.8 Å². The van der Waals surface area contributed by atoms with Crippen LogP contribution in [0.3, 0.4) is 0 Å². The third-order valence-corrected chi connectivity index (χ3v) is 10.7. The molecule has 60 heavy (non-hydrogen) atoms. The molecule has 0 spiro atoms. The lowest BCUT2D eigenvalue weighted by Gasteiger charge is -2.32. The second kappa shape index (κ2) is 16.8. The number of nitrogens with one attached hydrogen (secondary N) is 2. The van der Waals surface area contributed by atoms with Crippen molar-refractivity contribution in [3.05, 3.63) is 129 Å². The van der Waals surface area contributed by atoms with Crippen LogP contribution in [0.2, 0.25) is 0 Å². The number of hydrogen-bond acceptors (Lipinski definition) is 7. The molecule has 3 amide bonds. The largest absolute Gasteiger partial charge is 0.524 e. The van der Waals surface area contributed by atoms with Crippen LogP contribution in [0, 0.1) is 24.4 Å². The number of amides is 3. The van der Waals surface area contributed by atoms with E-state index in [0.29, 0.717) is 40.9 Å². The van der Waals surface area contributed by atoms with Crippen molar-refractivity contribution in [1.82, 2.24) is 20.0 Å². The first-order chi connectivity index (χ1) is 28.1. The Hall–Kier alpha value is -5.68. The van der Waals surface area contributed by atoms with E-state index < -0.39 is 72.7 Å². The standard InChI is InChI=1S/C41H40F6N5O7P/c1-6-24-9-8-10-25(7-2)35(24)52-36(29-20-51(40(4,5)37(29)50-52)19-26-12-13-27(15-22(26)3)41(45,46)47)28-17-31(43)33(18-30(28)42)48-38(53)49-39(54)58-21-23-11-14-34(32(44)16-23)59-60(55,56)57/h8-18H,6-7,19-21H2,1-5H3,(H2,55,56,57)(H2,48,49,53,54). The van der Waals surface area contributed by atoms with Crippen LogP contribution in [0.25, 0.3) is 16.9 Å². The Bertz CT molecular complexity index is 2520. The lowest BCUT2D eigenvalue weighted by molar-refractivity contribution is -0.137. The third-order valence-electron chi connectivity index (χ3n) is 10.3. The molecule has 12 nitrogen and oxygen atoms in total. The first-order valence-electron chi connectivity index (χ1n) is 18.5. The lowest BCUT2D eigenvalue weighted by atomic mass is 9.97. The lowest BCUT2D eigenvalue weighted by Crippen LogP contribution is -2.36. The number of aromatic nitrogens is 2. The highest BCUT2D eigenvalue weighted by atomic mass is 31.2. The summed E-state index contributed by atoms with van der Waals surface area (Å²) in [6, 6.07) is 12.5. The van der Waals surface area contributed by atoms with Gasteiger partial charge >= 0.3 is 26.1 Å². The van der Waals surface area contributed by atoms with Gasteiger partial charge in [-0.3, -0.25) is 14.7 Å². The van der Waals surface area contributed by atoms with Gasteiger partial charge in [-0.15, -0.1) is 0 Å². The Morgan fingerprint density at radius 2 is 1.60 bits per heavy atom. The maximum atomic E-state index is 16.5. The van der Waals surface area contributed by atoms with Gasteiger partial charge in [0.2, 0.25) is 0 Å². The number of anilines is 1. The highest BCUT2D eigenvalue weighted by Gasteiger charge is 2.44. The van der Waals surface area contributed by atoms with Crippen LogP contribution in [-0.2, 0) is 53.6 Å². The zero-order valence-electron chi connectivity index (χ0n) is 32.9. The van der Waals surface area contributed by atoms with E-state index in [-0.39, 0.29) is 29.9 Å². The molecule has 0 aliphatic carbocycles. The van der Waals surface area contributed by atoms with Gasteiger partial charge < -0.3 is 14.6 Å². The zero-order valence-corrected chi connectivity index (χ0v) is 33.8. The van der Waals surface area contributed by atoms with Gasteiger partial charge in [0.25, 0.3) is 0 Å². The average Bonchev–Trinajstić information content (AvgIpc) is 3.65. The maximum Gasteiger partial charge on any atom is 0.524 e. The number of phosphoric ester groups is 1. The number of fused-ring (bicyclic) bond motifs is 1. The summed E-state index contributed by atoms with van der Waals surface area (Å²) < 4.78 is 109. The Morgan fingerprint density at radius 3 is 2.20 bits per heavy atom. The Kier molecular flexibility index (Phi) is 12.3. The van der Waals surface area contributed by atoms with Crippen molar-refractivity contribution in [3.8, 4) is 22.7 Å². The van der Waals surface area contributed by atoms with Gasteiger partial charge in [0.15, 0.2) is 11.6 Å². The van der Waals surface area contributed by atoms with E-state index in [0.717, 1.165) is 53.6 Å². The predicted octanol–water partition coefficient (Wildman–Crippen LogP) is 9.59. The van der Waals surface area contributed by atoms with E-state index in [9.17, 15) is 31.7 Å². The number of para-hydroxylation sites is 1. The van der Waals surface area contributed by atoms with Crippen molar-refractivity contribution < 1.29 is 59.5 Å². The van der Waals surface area contributed by atoms with E-state index in [1.807, 2.05) is 50.8 Å². The van der Waals surface area contributed by atoms with Gasteiger partial charge in [-0.25, -0.2) is 37.3 Å². The number of alkyl carbamates (subject to hydrolysis) is 1. The topological polar surface area (TPSA) is 155 Å². The van der Waals surface area contributed by atoms with Crippen molar-refractivity contribution in [3.63, 3.8) is 0 Å². The molecule has 0 radical (unpaired) electrons. The number of halogens is 6. The molecule has 1 aliphatic rings. The van der Waals surface area contributed by atoms with Crippen LogP contribution in [0.5, 0.6) is 5.75 Å². The summed E-state index contributed by atoms with van der Waals surface area (Å²) in [5.41, 5.74) is 2.55. The van der Waals surface area contributed by atoms with Crippen LogP contribution in [0.4, 0.5) is 41.6 Å². The minimum atomic E-state index is -5.04. The Balaban J connectivity index is 1.28. The summed E-state index contributed by atoms with van der Waals surface area (Å²) >= 11 is 0. The molecule has 1 aromatic heterocycles. The molecule has 0 bridgehead atoms. The molecule has 318 valence electrons. The number of urea groups is 1. The van der Waals surface area contributed by atoms with Crippen LogP contribution in [-0.4, -0.2) is 36.6 Å². The number of phosphoric acid groups is 1. The molecule has 0 saturated heterocycles. The smallest absolute Gasteiger partial charge is 0.444 e. The fraction of sp³-hybridized carbons (Fsp3) is 0.293. The quantitative estimate of drug-likeness (QED) is 0.0751. The summed E-state index contributed by atoms with van der Waals surface area (Å²) in [7, 11) is -5.04. The highest BCUT2D eigenvalue weighted by molar-refractivity contribution is 7.46. The molecule has 4 aromatic carbocycles. The van der Waals surface area contributed by atoms with Gasteiger partial charge in [-0.1, -0.05) is 44.2 Å². The van der Waals surface area contributed by atoms with Gasteiger partial charge in [0.05, 0.1) is 33.9 Å². The molecule has 6 rings (SSSR count). The van der Waals surface area contributed by atoms with Crippen LogP contribution < -0.4 is 15.2 Å². The number of rotatable bonds is 11. The zero-order chi connectivity index (χ0) is 43.9. The maximum absolute atomic E-state index is 16.5. The fourth-order valence-corrected chi connectivity index (χ4v) is 7.56. The third kappa shape index (κ3) is 9.21. The number of hydrogen-bond donors (Lipinski definition) is 4. The van der Waals surface area contributed by atoms with Crippen molar-refractivity contribution >= 4 is 25.6 Å². The molecule has 0 fully saturated rings. The Morgan fingerprint density at radius 1 is 0.917 bits per heavy atom. The summed E-state index contributed by atoms with van der Waals surface area (Å²) in [4.78, 5) is 44.8. The number of aryl methyl sites for hydroxylation is 3. The average molecular weight is 860 g/mol. The molecule has 0 unspecified atom stereocenters. The first-order valence-corrected chi connectivity index (χ1v) is 20.1. The molecule has 1 aliphatic heterocycles. The summed E-state index contributed by atoms with van der Waals surface area (Å²) in [6.07, 6.45) is -4.68. The van der Waals surface area contributed by atoms with E-state index in [4.69, 9.17) is 19.6 Å². The molecule has 4 N–H and O–H groups in total. The fourth-order valence-electron chi connectivity index (χ4n) is 7.16. The SMILES string of the molecule is CCc1cccc(CC)c1-n1nc2c(c1-c1cc(F)c(NC(=O)NC(=O)OCc3ccc(OP(=O)(O)O)c(F)c3)cc1F)CN(Cc1ccc(C(F)(F)F)cc1C)C2(C)C. The molecular formula is C41H40F6N5O7P. The number of imide groups is 1. The van der Waals surface area contributed by atoms with Crippen molar-refractivity contribution in [1.29, 1.82) is 0 Å². The van der Waals surface area contributed by atoms with Crippen LogP contribution in [0.15, 0.2) is 66.7 Å². The van der Waals surface area contributed by atoms with E-state index in [2.05, 4.69) is 9.84 Å². The van der Waals surface area contributed by atoms with Gasteiger partial charge in [-0.2, -0.15) is 18.3 Å². The monoisotopic (exact) mass is 859 g/mol. The number of alkyl halides is 3. The van der Waals surface area contributed by atoms with E-state index in [1.54, 1.807) is 16.9 Å². The molecule has 19 heteroatoms. The van der Waals surface area contributed by atoms with Crippen molar-refractivity contribution in [2.24, 2.45) is 0 Å². The molecule has 5 aromatic rings. The number of benzene rings is 4.